The molecule has 1 amide bonds. The summed E-state index contributed by atoms with van der Waals surface area (Å²) in [6.07, 6.45) is 1.25. The van der Waals surface area contributed by atoms with Crippen LogP contribution in [0, 0.1) is 0 Å². The standard InChI is InChI=1S/C17H34N4O4S/c1-15(2)18-5-7-20(8-6-18)17(22)14-25-13-16(3)19-9-11-21(12-10-19)26(4,23)24/h15-16H,5-14H2,1-4H3. The SMILES string of the molecule is CC(C)N1CCN(C(=O)COCC(C)N2CCN(S(C)(=O)=O)CC2)CC1. The average Bonchev–Trinajstić information content (AvgIpc) is 2.61. The van der Waals surface area contributed by atoms with E-state index >= 15 is 0 Å². The highest BCUT2D eigenvalue weighted by atomic mass is 32.2. The molecule has 8 nitrogen and oxygen atoms in total. The second kappa shape index (κ2) is 9.45. The Kier molecular flexibility index (Phi) is 7.84. The Hall–Kier alpha value is -0.740. The van der Waals surface area contributed by atoms with E-state index in [9.17, 15) is 13.2 Å². The number of ether oxygens (including phenoxy) is 1. The van der Waals surface area contributed by atoms with Crippen molar-refractivity contribution >= 4 is 15.9 Å². The van der Waals surface area contributed by atoms with Crippen LogP contribution in [0.4, 0.5) is 0 Å². The average molecular weight is 391 g/mol. The maximum Gasteiger partial charge on any atom is 0.248 e. The summed E-state index contributed by atoms with van der Waals surface area (Å²) in [5.41, 5.74) is 0. The maximum atomic E-state index is 12.3. The molecule has 2 rings (SSSR count). The van der Waals surface area contributed by atoms with E-state index in [0.717, 1.165) is 26.2 Å². The summed E-state index contributed by atoms with van der Waals surface area (Å²) in [6, 6.07) is 0.690. The Labute approximate surface area is 158 Å². The highest BCUT2D eigenvalue weighted by Crippen LogP contribution is 2.10. The van der Waals surface area contributed by atoms with Gasteiger partial charge in [-0.15, -0.1) is 0 Å². The number of piperazine rings is 2. The van der Waals surface area contributed by atoms with Crippen LogP contribution in [0.3, 0.4) is 0 Å². The van der Waals surface area contributed by atoms with Crippen LogP contribution in [-0.4, -0.2) is 117 Å². The molecule has 0 spiro atoms. The Morgan fingerprint density at radius 3 is 1.96 bits per heavy atom. The molecule has 0 N–H and O–H groups in total. The topological polar surface area (TPSA) is 73.4 Å². The molecule has 152 valence electrons. The summed E-state index contributed by atoms with van der Waals surface area (Å²) in [5, 5.41) is 0. The van der Waals surface area contributed by atoms with Gasteiger partial charge in [0.25, 0.3) is 0 Å². The van der Waals surface area contributed by atoms with Gasteiger partial charge in [-0.2, -0.15) is 4.31 Å². The van der Waals surface area contributed by atoms with Crippen LogP contribution >= 0.6 is 0 Å². The number of carbonyl (C=O) groups is 1. The minimum atomic E-state index is -3.10. The second-order valence-corrected chi connectivity index (χ2v) is 9.56. The molecule has 0 radical (unpaired) electrons. The zero-order valence-electron chi connectivity index (χ0n) is 16.6. The number of amides is 1. The zero-order chi connectivity index (χ0) is 19.3. The number of rotatable bonds is 7. The Bertz CT molecular complexity index is 553. The van der Waals surface area contributed by atoms with Crippen LogP contribution in [-0.2, 0) is 19.6 Å². The van der Waals surface area contributed by atoms with Crippen LogP contribution in [0.15, 0.2) is 0 Å². The van der Waals surface area contributed by atoms with E-state index < -0.39 is 10.0 Å². The van der Waals surface area contributed by atoms with E-state index in [4.69, 9.17) is 4.74 Å². The molecule has 2 heterocycles. The number of nitrogens with zero attached hydrogens (tertiary/aromatic N) is 4. The largest absolute Gasteiger partial charge is 0.370 e. The highest BCUT2D eigenvalue weighted by Gasteiger charge is 2.26. The van der Waals surface area contributed by atoms with Crippen molar-refractivity contribution in [2.24, 2.45) is 0 Å². The molecule has 1 unspecified atom stereocenters. The fourth-order valence-electron chi connectivity index (χ4n) is 3.48. The molecule has 0 bridgehead atoms. The fraction of sp³-hybridized carbons (Fsp3) is 0.941. The summed E-state index contributed by atoms with van der Waals surface area (Å²) < 4.78 is 30.3. The lowest BCUT2D eigenvalue weighted by Crippen LogP contribution is -2.52. The minimum Gasteiger partial charge on any atom is -0.370 e. The molecule has 2 aliphatic heterocycles. The quantitative estimate of drug-likeness (QED) is 0.585. The van der Waals surface area contributed by atoms with Gasteiger partial charge in [-0.1, -0.05) is 0 Å². The third-order valence-corrected chi connectivity index (χ3v) is 6.65. The third-order valence-electron chi connectivity index (χ3n) is 5.35. The first-order valence-corrected chi connectivity index (χ1v) is 11.3. The van der Waals surface area contributed by atoms with Gasteiger partial charge in [-0.3, -0.25) is 14.6 Å². The van der Waals surface area contributed by atoms with Gasteiger partial charge in [0.05, 0.1) is 12.9 Å². The first kappa shape index (κ1) is 21.6. The highest BCUT2D eigenvalue weighted by molar-refractivity contribution is 7.88. The summed E-state index contributed by atoms with van der Waals surface area (Å²) in [5.74, 6) is 0.0579. The van der Waals surface area contributed by atoms with Crippen LogP contribution < -0.4 is 0 Å². The lowest BCUT2D eigenvalue weighted by atomic mass is 10.2. The minimum absolute atomic E-state index is 0.0579. The van der Waals surface area contributed by atoms with E-state index in [2.05, 4.69) is 30.6 Å². The van der Waals surface area contributed by atoms with Crippen molar-refractivity contribution in [1.82, 2.24) is 19.0 Å². The predicted molar refractivity (Wildman–Crippen MR) is 102 cm³/mol. The van der Waals surface area contributed by atoms with Gasteiger partial charge >= 0.3 is 0 Å². The van der Waals surface area contributed by atoms with Crippen molar-refractivity contribution in [3.63, 3.8) is 0 Å². The first-order chi connectivity index (χ1) is 12.2. The normalized spacial score (nSPS) is 22.7. The van der Waals surface area contributed by atoms with Crippen molar-refractivity contribution in [1.29, 1.82) is 0 Å². The molecule has 0 aliphatic carbocycles. The molecule has 0 aromatic carbocycles. The molecular weight excluding hydrogens is 356 g/mol. The number of sulfonamides is 1. The molecule has 2 fully saturated rings. The molecule has 9 heteroatoms. The molecule has 1 atom stereocenters. The number of hydrogen-bond acceptors (Lipinski definition) is 6. The number of hydrogen-bond donors (Lipinski definition) is 0. The van der Waals surface area contributed by atoms with Gasteiger partial charge in [0.15, 0.2) is 0 Å². The Balaban J connectivity index is 1.64. The molecule has 2 aliphatic rings. The molecule has 26 heavy (non-hydrogen) atoms. The first-order valence-electron chi connectivity index (χ1n) is 9.47. The van der Waals surface area contributed by atoms with Gasteiger partial charge in [-0.05, 0) is 20.8 Å². The fourth-order valence-corrected chi connectivity index (χ4v) is 4.30. The molecule has 2 saturated heterocycles. The molecule has 0 aromatic heterocycles. The lowest BCUT2D eigenvalue weighted by molar-refractivity contribution is -0.138. The van der Waals surface area contributed by atoms with Gasteiger partial charge in [0, 0.05) is 64.4 Å². The lowest BCUT2D eigenvalue weighted by Gasteiger charge is -2.37. The molecular formula is C17H34N4O4S. The van der Waals surface area contributed by atoms with Crippen molar-refractivity contribution < 1.29 is 17.9 Å². The van der Waals surface area contributed by atoms with Crippen LogP contribution in [0.1, 0.15) is 20.8 Å². The van der Waals surface area contributed by atoms with Crippen LogP contribution in [0.2, 0.25) is 0 Å². The van der Waals surface area contributed by atoms with Crippen molar-refractivity contribution in [2.45, 2.75) is 32.9 Å². The van der Waals surface area contributed by atoms with Crippen LogP contribution in [0.5, 0.6) is 0 Å². The zero-order valence-corrected chi connectivity index (χ0v) is 17.4. The third kappa shape index (κ3) is 6.16. The smallest absolute Gasteiger partial charge is 0.248 e. The summed E-state index contributed by atoms with van der Waals surface area (Å²) in [4.78, 5) is 18.8. The van der Waals surface area contributed by atoms with E-state index in [1.807, 2.05) is 4.90 Å². The monoisotopic (exact) mass is 390 g/mol. The van der Waals surface area contributed by atoms with E-state index in [-0.39, 0.29) is 18.6 Å². The van der Waals surface area contributed by atoms with E-state index in [1.165, 1.54) is 10.6 Å². The second-order valence-electron chi connectivity index (χ2n) is 7.57. The summed E-state index contributed by atoms with van der Waals surface area (Å²) in [7, 11) is -3.10. The van der Waals surface area contributed by atoms with Gasteiger partial charge < -0.3 is 9.64 Å². The van der Waals surface area contributed by atoms with Crippen molar-refractivity contribution in [3.8, 4) is 0 Å². The Morgan fingerprint density at radius 2 is 1.46 bits per heavy atom. The summed E-state index contributed by atoms with van der Waals surface area (Å²) in [6.45, 7) is 12.8. The maximum absolute atomic E-state index is 12.3. The van der Waals surface area contributed by atoms with E-state index in [1.54, 1.807) is 0 Å². The molecule has 0 aromatic rings. The van der Waals surface area contributed by atoms with Crippen LogP contribution in [0.25, 0.3) is 0 Å². The number of carbonyl (C=O) groups excluding carboxylic acids is 1. The summed E-state index contributed by atoms with van der Waals surface area (Å²) >= 11 is 0. The van der Waals surface area contributed by atoms with Crippen molar-refractivity contribution in [2.75, 3.05) is 71.8 Å². The molecule has 0 saturated carbocycles. The van der Waals surface area contributed by atoms with Crippen molar-refractivity contribution in [3.05, 3.63) is 0 Å². The van der Waals surface area contributed by atoms with E-state index in [0.29, 0.717) is 38.8 Å². The van der Waals surface area contributed by atoms with Gasteiger partial charge in [-0.25, -0.2) is 8.42 Å². The van der Waals surface area contributed by atoms with Gasteiger partial charge in [0.1, 0.15) is 6.61 Å². The predicted octanol–water partition coefficient (Wildman–Crippen LogP) is -0.479. The Morgan fingerprint density at radius 1 is 0.923 bits per heavy atom. The van der Waals surface area contributed by atoms with Gasteiger partial charge in [0.2, 0.25) is 15.9 Å².